The van der Waals surface area contributed by atoms with Gasteiger partial charge in [-0.15, -0.1) is 0 Å². The standard InChI is InChI=1S/C26H12N2.2C5H5.2Fe/c27-17-25-15-23-13-21(11-9-19-5-1-2-6-19)22(12-10-20-7-3-4-8-20)14-24(23)16-26(25)18-28;2*1-2-4-5-3-1;;/h1-8,13-16H;2*1-5H;;/q;;;2*+2. The molecule has 4 heteroatoms. The number of nitriles is 2. The molecule has 0 bridgehead atoms. The van der Waals surface area contributed by atoms with Gasteiger partial charge in [-0.2, -0.15) is 10.5 Å². The zero-order chi connectivity index (χ0) is 26.4. The van der Waals surface area contributed by atoms with Gasteiger partial charge in [0.15, 0.2) is 0 Å². The molecule has 4 aliphatic rings. The molecule has 0 aromatic heterocycles. The molecule has 2 aromatic rings. The molecule has 20 radical (unpaired) electrons. The van der Waals surface area contributed by atoms with Crippen LogP contribution in [0.15, 0.2) is 24.3 Å². The first-order chi connectivity index (χ1) is 18.8. The second-order valence-corrected chi connectivity index (χ2v) is 8.14. The minimum atomic E-state index is 0. The van der Waals surface area contributed by atoms with Gasteiger partial charge in [0, 0.05) is 11.1 Å². The van der Waals surface area contributed by atoms with E-state index in [0.29, 0.717) is 11.1 Å². The van der Waals surface area contributed by atoms with Crippen molar-refractivity contribution in [3.8, 4) is 35.8 Å². The molecule has 0 spiro atoms. The van der Waals surface area contributed by atoms with Gasteiger partial charge >= 0.3 is 34.1 Å². The van der Waals surface area contributed by atoms with E-state index in [1.165, 1.54) is 0 Å². The van der Waals surface area contributed by atoms with Crippen molar-refractivity contribution in [2.24, 2.45) is 0 Å². The molecule has 0 saturated heterocycles. The third-order valence-corrected chi connectivity index (χ3v) is 5.47. The second kappa shape index (κ2) is 19.0. The van der Waals surface area contributed by atoms with E-state index in [4.69, 9.17) is 0 Å². The van der Waals surface area contributed by atoms with E-state index < -0.39 is 0 Å². The molecular weight excluding hydrogens is 572 g/mol. The molecule has 2 aromatic carbocycles. The molecule has 40 heavy (non-hydrogen) atoms. The fourth-order valence-electron chi connectivity index (χ4n) is 3.58. The van der Waals surface area contributed by atoms with Crippen LogP contribution in [0.1, 0.15) is 22.3 Å². The topological polar surface area (TPSA) is 47.6 Å². The first-order valence-electron chi connectivity index (χ1n) is 12.0. The maximum Gasteiger partial charge on any atom is 2.00 e. The summed E-state index contributed by atoms with van der Waals surface area (Å²) < 4.78 is 0. The van der Waals surface area contributed by atoms with E-state index in [1.54, 1.807) is 12.1 Å². The van der Waals surface area contributed by atoms with Crippen molar-refractivity contribution in [2.75, 3.05) is 0 Å². The SMILES string of the molecule is N#Cc1cc2cc(C#C[C]3[CH][CH][CH][CH]3)c(C#C[C]3[CH][CH][CH][CH]3)cc2cc1C#N.[CH]1[CH][CH][CH][CH]1.[CH]1[CH][CH][CH][CH]1.[Fe+2].[Fe+2]. The number of fused-ring (bicyclic) bond motifs is 1. The molecular formula is C36H22Fe2N2+4. The first kappa shape index (κ1) is 34.0. The van der Waals surface area contributed by atoms with Gasteiger partial charge in [0.05, 0.1) is 23.0 Å². The van der Waals surface area contributed by atoms with Crippen LogP contribution >= 0.6 is 0 Å². The Kier molecular flexibility index (Phi) is 16.2. The molecule has 4 aliphatic carbocycles. The Labute approximate surface area is 264 Å². The molecule has 0 aliphatic heterocycles. The molecule has 0 atom stereocenters. The van der Waals surface area contributed by atoms with Crippen LogP contribution in [-0.2, 0) is 34.1 Å². The summed E-state index contributed by atoms with van der Waals surface area (Å²) in [6.07, 6.45) is 35.6. The molecule has 4 saturated carbocycles. The van der Waals surface area contributed by atoms with Crippen LogP contribution in [0.25, 0.3) is 10.8 Å². The quantitative estimate of drug-likeness (QED) is 0.272. The van der Waals surface area contributed by atoms with Crippen molar-refractivity contribution < 1.29 is 34.1 Å². The van der Waals surface area contributed by atoms with E-state index in [-0.39, 0.29) is 34.1 Å². The number of hydrogen-bond donors (Lipinski definition) is 0. The van der Waals surface area contributed by atoms with Crippen molar-refractivity contribution in [3.63, 3.8) is 0 Å². The van der Waals surface area contributed by atoms with Gasteiger partial charge in [-0.1, -0.05) is 23.7 Å². The molecule has 6 rings (SSSR count). The Bertz CT molecular complexity index is 1160. The predicted octanol–water partition coefficient (Wildman–Crippen LogP) is 6.13. The monoisotopic (exact) mass is 594 g/mol. The Morgan fingerprint density at radius 3 is 0.900 bits per heavy atom. The number of rotatable bonds is 0. The van der Waals surface area contributed by atoms with Crippen LogP contribution in [0.2, 0.25) is 0 Å². The van der Waals surface area contributed by atoms with Crippen LogP contribution < -0.4 is 0 Å². The zero-order valence-electron chi connectivity index (χ0n) is 21.3. The Balaban J connectivity index is 0.000000392. The molecule has 188 valence electrons. The average molecular weight is 594 g/mol. The molecule has 0 heterocycles. The van der Waals surface area contributed by atoms with E-state index in [1.807, 2.05) is 128 Å². The van der Waals surface area contributed by atoms with Gasteiger partial charge in [-0.25, -0.2) is 0 Å². The fourth-order valence-corrected chi connectivity index (χ4v) is 3.58. The van der Waals surface area contributed by atoms with Crippen molar-refractivity contribution in [1.82, 2.24) is 0 Å². The first-order valence-corrected chi connectivity index (χ1v) is 12.0. The summed E-state index contributed by atoms with van der Waals surface area (Å²) in [5, 5.41) is 20.3. The molecule has 0 unspecified atom stereocenters. The smallest absolute Gasteiger partial charge is 0.192 e. The second-order valence-electron chi connectivity index (χ2n) is 8.14. The normalized spacial score (nSPS) is 17.6. The summed E-state index contributed by atoms with van der Waals surface area (Å²) in [5.74, 6) is 14.6. The van der Waals surface area contributed by atoms with E-state index in [0.717, 1.165) is 33.7 Å². The zero-order valence-corrected chi connectivity index (χ0v) is 23.5. The van der Waals surface area contributed by atoms with Crippen LogP contribution in [-0.4, -0.2) is 0 Å². The van der Waals surface area contributed by atoms with E-state index in [2.05, 4.69) is 35.8 Å². The van der Waals surface area contributed by atoms with E-state index in [9.17, 15) is 10.5 Å². The Morgan fingerprint density at radius 1 is 0.350 bits per heavy atom. The van der Waals surface area contributed by atoms with Crippen LogP contribution in [0, 0.1) is 174 Å². The summed E-state index contributed by atoms with van der Waals surface area (Å²) >= 11 is 0. The summed E-state index contributed by atoms with van der Waals surface area (Å²) in [5.41, 5.74) is 2.31. The maximum atomic E-state index is 9.30. The van der Waals surface area contributed by atoms with Gasteiger partial charge in [-0.3, -0.25) is 0 Å². The largest absolute Gasteiger partial charge is 2.00 e. The van der Waals surface area contributed by atoms with Gasteiger partial charge in [-0.05, 0) is 151 Å². The minimum absolute atomic E-state index is 0. The predicted molar refractivity (Wildman–Crippen MR) is 151 cm³/mol. The van der Waals surface area contributed by atoms with Crippen molar-refractivity contribution in [1.29, 1.82) is 10.5 Å². The number of hydrogen-bond acceptors (Lipinski definition) is 2. The molecule has 0 N–H and O–H groups in total. The Hall–Kier alpha value is -2.16. The van der Waals surface area contributed by atoms with Gasteiger partial charge in [0.25, 0.3) is 0 Å². The van der Waals surface area contributed by atoms with Crippen molar-refractivity contribution in [3.05, 3.63) is 174 Å². The van der Waals surface area contributed by atoms with Gasteiger partial charge in [0.1, 0.15) is 12.1 Å². The summed E-state index contributed by atoms with van der Waals surface area (Å²) in [6, 6.07) is 11.5. The third kappa shape index (κ3) is 10.7. The van der Waals surface area contributed by atoms with Crippen molar-refractivity contribution in [2.45, 2.75) is 0 Å². The maximum absolute atomic E-state index is 9.30. The van der Waals surface area contributed by atoms with Crippen LogP contribution in [0.5, 0.6) is 0 Å². The molecule has 0 amide bonds. The molecule has 2 nitrogen and oxygen atoms in total. The summed E-state index contributed by atoms with van der Waals surface area (Å²) in [7, 11) is 0. The van der Waals surface area contributed by atoms with Gasteiger partial charge in [0.2, 0.25) is 0 Å². The third-order valence-electron chi connectivity index (χ3n) is 5.47. The van der Waals surface area contributed by atoms with Gasteiger partial charge < -0.3 is 0 Å². The minimum Gasteiger partial charge on any atom is -0.192 e. The average Bonchev–Trinajstić information content (AvgIpc) is 3.79. The van der Waals surface area contributed by atoms with E-state index >= 15 is 0 Å². The number of nitrogens with zero attached hydrogens (tertiary/aromatic N) is 2. The summed E-state index contributed by atoms with van der Waals surface area (Å²) in [4.78, 5) is 0. The number of benzene rings is 2. The molecule has 4 fully saturated rings. The van der Waals surface area contributed by atoms with Crippen LogP contribution in [0.3, 0.4) is 0 Å². The van der Waals surface area contributed by atoms with Crippen LogP contribution in [0.4, 0.5) is 0 Å². The Morgan fingerprint density at radius 2 is 0.625 bits per heavy atom. The summed E-state index contributed by atoms with van der Waals surface area (Å²) in [6.45, 7) is 0. The fraction of sp³-hybridized carbons (Fsp3) is 0. The van der Waals surface area contributed by atoms with Crippen molar-refractivity contribution >= 4 is 10.8 Å².